The number of fused-ring (bicyclic) bond motifs is 1. The van der Waals surface area contributed by atoms with Crippen molar-refractivity contribution in [3.8, 4) is 0 Å². The molecule has 2 aromatic rings. The number of esters is 3. The third kappa shape index (κ3) is 5.39. The number of anilines is 1. The normalized spacial score (nSPS) is 21.9. The lowest BCUT2D eigenvalue weighted by Gasteiger charge is -2.23. The van der Waals surface area contributed by atoms with E-state index in [0.717, 1.165) is 6.92 Å². The number of H-pyrrole nitrogens is 1. The van der Waals surface area contributed by atoms with Crippen molar-refractivity contribution in [2.45, 2.75) is 59.2 Å². The molecule has 0 unspecified atom stereocenters. The van der Waals surface area contributed by atoms with Crippen LogP contribution in [0.5, 0.6) is 0 Å². The Morgan fingerprint density at radius 3 is 2.35 bits per heavy atom. The van der Waals surface area contributed by atoms with Gasteiger partial charge in [-0.05, 0) is 0 Å². The minimum atomic E-state index is -1.19. The molecule has 0 aromatic carbocycles. The van der Waals surface area contributed by atoms with Crippen molar-refractivity contribution in [3.05, 3.63) is 16.7 Å². The average molecular weight is 479 g/mol. The highest BCUT2D eigenvalue weighted by Crippen LogP contribution is 2.35. The van der Waals surface area contributed by atoms with Crippen molar-refractivity contribution >= 4 is 40.9 Å². The van der Waals surface area contributed by atoms with Gasteiger partial charge >= 0.3 is 17.9 Å². The van der Waals surface area contributed by atoms with Gasteiger partial charge in [-0.3, -0.25) is 38.8 Å². The van der Waals surface area contributed by atoms with E-state index in [0.29, 0.717) is 0 Å². The molecule has 14 nitrogen and oxygen atoms in total. The zero-order valence-electron chi connectivity index (χ0n) is 19.2. The molecule has 1 aliphatic rings. The van der Waals surface area contributed by atoms with Gasteiger partial charge in [0, 0.05) is 26.7 Å². The molecule has 3 rings (SSSR count). The average Bonchev–Trinajstić information content (AvgIpc) is 3.28. The SMILES string of the molecule is CC(=O)OC[C@H]1O[C@@H](n2cnc3c(=O)[nH]c(NC(=O)C(C)C)nc32)[C@H](OC(C)=O)[C@H]1OC(C)=O. The van der Waals surface area contributed by atoms with E-state index in [1.165, 1.54) is 24.7 Å². The van der Waals surface area contributed by atoms with Crippen LogP contribution in [0.15, 0.2) is 11.1 Å². The molecule has 0 aliphatic carbocycles. The Labute approximate surface area is 192 Å². The van der Waals surface area contributed by atoms with Crippen LogP contribution in [-0.4, -0.2) is 68.3 Å². The van der Waals surface area contributed by atoms with E-state index in [-0.39, 0.29) is 35.5 Å². The van der Waals surface area contributed by atoms with Gasteiger partial charge in [0.25, 0.3) is 5.56 Å². The summed E-state index contributed by atoms with van der Waals surface area (Å²) in [7, 11) is 0. The standard InChI is InChI=1S/C20H25N5O9/c1-8(2)17(29)23-20-22-16-13(18(30)24-20)21-7-25(16)19-15(33-11(5)28)14(32-10(4)27)12(34-19)6-31-9(3)26/h7-8,12,14-15,19H,6H2,1-5H3,(H2,22,23,24,29,30)/t12-,14+,15-,19-/m1/s1. The Balaban J connectivity index is 2.06. The summed E-state index contributed by atoms with van der Waals surface area (Å²) < 4.78 is 23.0. The summed E-state index contributed by atoms with van der Waals surface area (Å²) in [5.74, 6) is -2.83. The number of nitrogens with zero attached hydrogens (tertiary/aromatic N) is 3. The number of carbonyl (C=O) groups is 4. The molecule has 0 saturated carbocycles. The molecular formula is C20H25N5O9. The molecule has 14 heteroatoms. The zero-order valence-corrected chi connectivity index (χ0v) is 19.2. The van der Waals surface area contributed by atoms with Crippen LogP contribution in [0, 0.1) is 5.92 Å². The molecule has 2 aromatic heterocycles. The lowest BCUT2D eigenvalue weighted by Crippen LogP contribution is -2.40. The van der Waals surface area contributed by atoms with Crippen molar-refractivity contribution in [1.29, 1.82) is 0 Å². The molecular weight excluding hydrogens is 454 g/mol. The van der Waals surface area contributed by atoms with Gasteiger partial charge in [-0.15, -0.1) is 0 Å². The van der Waals surface area contributed by atoms with Crippen LogP contribution in [0.4, 0.5) is 5.95 Å². The number of rotatable bonds is 7. The molecule has 1 aliphatic heterocycles. The van der Waals surface area contributed by atoms with Gasteiger partial charge in [0.2, 0.25) is 11.9 Å². The summed E-state index contributed by atoms with van der Waals surface area (Å²) in [4.78, 5) is 70.2. The molecule has 1 amide bonds. The van der Waals surface area contributed by atoms with Crippen LogP contribution >= 0.6 is 0 Å². The second-order valence-corrected chi connectivity index (χ2v) is 7.90. The summed E-state index contributed by atoms with van der Waals surface area (Å²) in [5.41, 5.74) is -0.683. The van der Waals surface area contributed by atoms with Crippen LogP contribution in [0.25, 0.3) is 11.2 Å². The first-order chi connectivity index (χ1) is 16.0. The third-order valence-electron chi connectivity index (χ3n) is 4.81. The first-order valence-electron chi connectivity index (χ1n) is 10.4. The Bertz CT molecular complexity index is 1170. The predicted octanol–water partition coefficient (Wildman–Crippen LogP) is 0.0380. The molecule has 3 heterocycles. The van der Waals surface area contributed by atoms with Crippen LogP contribution in [0.3, 0.4) is 0 Å². The number of nitrogens with one attached hydrogen (secondary N) is 2. The second kappa shape index (κ2) is 9.99. The van der Waals surface area contributed by atoms with Gasteiger partial charge < -0.3 is 18.9 Å². The van der Waals surface area contributed by atoms with Crippen molar-refractivity contribution in [2.24, 2.45) is 5.92 Å². The maximum absolute atomic E-state index is 12.5. The lowest BCUT2D eigenvalue weighted by atomic mass is 10.1. The highest BCUT2D eigenvalue weighted by Gasteiger charge is 2.51. The van der Waals surface area contributed by atoms with Crippen molar-refractivity contribution in [3.63, 3.8) is 0 Å². The number of carbonyl (C=O) groups excluding carboxylic acids is 4. The minimum Gasteiger partial charge on any atom is -0.463 e. The second-order valence-electron chi connectivity index (χ2n) is 7.90. The topological polar surface area (TPSA) is 181 Å². The number of ether oxygens (including phenoxy) is 4. The van der Waals surface area contributed by atoms with Crippen molar-refractivity contribution in [2.75, 3.05) is 11.9 Å². The molecule has 4 atom stereocenters. The Hall–Kier alpha value is -3.81. The van der Waals surface area contributed by atoms with Gasteiger partial charge in [0.05, 0.1) is 6.33 Å². The largest absolute Gasteiger partial charge is 0.463 e. The fourth-order valence-electron chi connectivity index (χ4n) is 3.35. The lowest BCUT2D eigenvalue weighted by molar-refractivity contribution is -0.166. The number of imidazole rings is 1. The summed E-state index contributed by atoms with van der Waals surface area (Å²) >= 11 is 0. The zero-order chi connectivity index (χ0) is 25.2. The van der Waals surface area contributed by atoms with Crippen LogP contribution in [0.1, 0.15) is 40.8 Å². The molecule has 34 heavy (non-hydrogen) atoms. The number of aromatic nitrogens is 4. The molecule has 1 saturated heterocycles. The number of hydrogen-bond acceptors (Lipinski definition) is 11. The van der Waals surface area contributed by atoms with Gasteiger partial charge in [-0.2, -0.15) is 4.98 Å². The van der Waals surface area contributed by atoms with Gasteiger partial charge in [0.1, 0.15) is 12.7 Å². The maximum atomic E-state index is 12.5. The molecule has 2 N–H and O–H groups in total. The Kier molecular flexibility index (Phi) is 7.29. The Morgan fingerprint density at radius 1 is 1.12 bits per heavy atom. The minimum absolute atomic E-state index is 0.0136. The van der Waals surface area contributed by atoms with E-state index >= 15 is 0 Å². The first-order valence-corrected chi connectivity index (χ1v) is 10.4. The highest BCUT2D eigenvalue weighted by molar-refractivity contribution is 5.91. The first kappa shape index (κ1) is 24.8. The van der Waals surface area contributed by atoms with E-state index < -0.39 is 48.0 Å². The highest BCUT2D eigenvalue weighted by atomic mass is 16.7. The van der Waals surface area contributed by atoms with Crippen LogP contribution in [-0.2, 0) is 38.1 Å². The summed E-state index contributed by atoms with van der Waals surface area (Å²) in [5, 5.41) is 2.50. The van der Waals surface area contributed by atoms with Crippen LogP contribution < -0.4 is 10.9 Å². The molecule has 0 bridgehead atoms. The quantitative estimate of drug-likeness (QED) is 0.404. The number of hydrogen-bond donors (Lipinski definition) is 2. The van der Waals surface area contributed by atoms with Crippen LogP contribution in [0.2, 0.25) is 0 Å². The fraction of sp³-hybridized carbons (Fsp3) is 0.550. The van der Waals surface area contributed by atoms with Crippen molar-refractivity contribution in [1.82, 2.24) is 19.5 Å². The van der Waals surface area contributed by atoms with Gasteiger partial charge in [-0.25, -0.2) is 4.98 Å². The summed E-state index contributed by atoms with van der Waals surface area (Å²) in [6, 6.07) is 0. The molecule has 1 fully saturated rings. The monoisotopic (exact) mass is 479 g/mol. The molecule has 184 valence electrons. The Morgan fingerprint density at radius 2 is 1.76 bits per heavy atom. The summed E-state index contributed by atoms with van der Waals surface area (Å²) in [6.07, 6.45) is -3.23. The van der Waals surface area contributed by atoms with Crippen molar-refractivity contribution < 1.29 is 38.1 Å². The van der Waals surface area contributed by atoms with E-state index in [1.807, 2.05) is 0 Å². The summed E-state index contributed by atoms with van der Waals surface area (Å²) in [6.45, 7) is 6.57. The number of aromatic amines is 1. The van der Waals surface area contributed by atoms with E-state index in [4.69, 9.17) is 18.9 Å². The third-order valence-corrected chi connectivity index (χ3v) is 4.81. The maximum Gasteiger partial charge on any atom is 0.303 e. The number of amides is 1. The van der Waals surface area contributed by atoms with Gasteiger partial charge in [0.15, 0.2) is 29.6 Å². The molecule has 0 spiro atoms. The van der Waals surface area contributed by atoms with Gasteiger partial charge in [-0.1, -0.05) is 13.8 Å². The smallest absolute Gasteiger partial charge is 0.303 e. The van der Waals surface area contributed by atoms with E-state index in [1.54, 1.807) is 13.8 Å². The van der Waals surface area contributed by atoms with E-state index in [9.17, 15) is 24.0 Å². The fourth-order valence-corrected chi connectivity index (χ4v) is 3.35. The predicted molar refractivity (Wildman–Crippen MR) is 113 cm³/mol. The molecule has 0 radical (unpaired) electrons. The van der Waals surface area contributed by atoms with E-state index in [2.05, 4.69) is 20.3 Å².